The molecule has 6 nitrogen and oxygen atoms in total. The van der Waals surface area contributed by atoms with Gasteiger partial charge >= 0.3 is 4.87 Å². The van der Waals surface area contributed by atoms with E-state index in [0.29, 0.717) is 18.9 Å². The lowest BCUT2D eigenvalue weighted by atomic mass is 10.4. The fourth-order valence-corrected chi connectivity index (χ4v) is 1.98. The maximum absolute atomic E-state index is 11.8. The molecule has 0 aromatic carbocycles. The normalized spacial score (nSPS) is 10.4. The number of anilines is 1. The van der Waals surface area contributed by atoms with E-state index in [4.69, 9.17) is 0 Å². The lowest BCUT2D eigenvalue weighted by Gasteiger charge is -2.05. The van der Waals surface area contributed by atoms with Crippen molar-refractivity contribution in [1.29, 1.82) is 0 Å². The number of hydrogen-bond donors (Lipinski definition) is 2. The Bertz CT molecular complexity index is 613. The lowest BCUT2D eigenvalue weighted by molar-refractivity contribution is 0.718. The average Bonchev–Trinajstić information content (AvgIpc) is 2.74. The SMILES string of the molecule is CCn1ccnc(NCc2csc(=O)[nH]2)c1=O. The van der Waals surface area contributed by atoms with Crippen molar-refractivity contribution in [1.82, 2.24) is 14.5 Å². The molecule has 7 heteroatoms. The number of aryl methyl sites for hydroxylation is 1. The van der Waals surface area contributed by atoms with Crippen molar-refractivity contribution in [3.8, 4) is 0 Å². The molecule has 0 saturated carbocycles. The Kier molecular flexibility index (Phi) is 3.38. The van der Waals surface area contributed by atoms with Crippen LogP contribution in [-0.4, -0.2) is 14.5 Å². The van der Waals surface area contributed by atoms with Gasteiger partial charge < -0.3 is 14.9 Å². The molecule has 0 unspecified atom stereocenters. The van der Waals surface area contributed by atoms with E-state index < -0.39 is 0 Å². The van der Waals surface area contributed by atoms with Gasteiger partial charge in [-0.2, -0.15) is 0 Å². The van der Waals surface area contributed by atoms with E-state index in [9.17, 15) is 9.59 Å². The molecule has 0 aliphatic rings. The van der Waals surface area contributed by atoms with Crippen molar-refractivity contribution < 1.29 is 0 Å². The zero-order valence-corrected chi connectivity index (χ0v) is 10.1. The summed E-state index contributed by atoms with van der Waals surface area (Å²) in [5, 5.41) is 4.63. The van der Waals surface area contributed by atoms with E-state index in [1.165, 1.54) is 0 Å². The molecule has 0 fully saturated rings. The van der Waals surface area contributed by atoms with Crippen LogP contribution in [0.4, 0.5) is 5.82 Å². The first kappa shape index (κ1) is 11.6. The summed E-state index contributed by atoms with van der Waals surface area (Å²) in [7, 11) is 0. The number of nitrogens with zero attached hydrogens (tertiary/aromatic N) is 2. The first-order valence-electron chi connectivity index (χ1n) is 5.16. The van der Waals surface area contributed by atoms with Gasteiger partial charge in [-0.1, -0.05) is 11.3 Å². The molecule has 2 heterocycles. The summed E-state index contributed by atoms with van der Waals surface area (Å²) in [4.78, 5) is 29.2. The van der Waals surface area contributed by atoms with Crippen LogP contribution in [0, 0.1) is 0 Å². The fraction of sp³-hybridized carbons (Fsp3) is 0.300. The number of rotatable bonds is 4. The first-order chi connectivity index (χ1) is 8.20. The van der Waals surface area contributed by atoms with Crippen LogP contribution in [0.5, 0.6) is 0 Å². The summed E-state index contributed by atoms with van der Waals surface area (Å²) in [5.74, 6) is 0.293. The predicted octanol–water partition coefficient (Wildman–Crippen LogP) is 0.625. The highest BCUT2D eigenvalue weighted by molar-refractivity contribution is 7.07. The molecule has 17 heavy (non-hydrogen) atoms. The molecule has 2 aromatic heterocycles. The lowest BCUT2D eigenvalue weighted by Crippen LogP contribution is -2.23. The highest BCUT2D eigenvalue weighted by Crippen LogP contribution is 1.99. The number of thiazole rings is 1. The van der Waals surface area contributed by atoms with Crippen LogP contribution >= 0.6 is 11.3 Å². The van der Waals surface area contributed by atoms with Crippen LogP contribution in [0.3, 0.4) is 0 Å². The van der Waals surface area contributed by atoms with Crippen molar-refractivity contribution in [3.05, 3.63) is 43.5 Å². The van der Waals surface area contributed by atoms with E-state index >= 15 is 0 Å². The predicted molar refractivity (Wildman–Crippen MR) is 66.4 cm³/mol. The van der Waals surface area contributed by atoms with Gasteiger partial charge in [-0.25, -0.2) is 4.98 Å². The molecule has 0 saturated heterocycles. The third kappa shape index (κ3) is 2.62. The van der Waals surface area contributed by atoms with Crippen LogP contribution < -0.4 is 15.7 Å². The first-order valence-corrected chi connectivity index (χ1v) is 6.04. The van der Waals surface area contributed by atoms with Gasteiger partial charge in [0.15, 0.2) is 5.82 Å². The second kappa shape index (κ2) is 4.96. The second-order valence-corrected chi connectivity index (χ2v) is 4.24. The summed E-state index contributed by atoms with van der Waals surface area (Å²) in [6.45, 7) is 2.88. The summed E-state index contributed by atoms with van der Waals surface area (Å²) in [6, 6.07) is 0. The van der Waals surface area contributed by atoms with Crippen molar-refractivity contribution in [2.75, 3.05) is 5.32 Å². The Hall–Kier alpha value is -1.89. The Balaban J connectivity index is 2.14. The number of hydrogen-bond acceptors (Lipinski definition) is 5. The van der Waals surface area contributed by atoms with Gasteiger partial charge in [0, 0.05) is 30.0 Å². The maximum atomic E-state index is 11.8. The molecule has 0 amide bonds. The molecule has 0 spiro atoms. The van der Waals surface area contributed by atoms with Crippen LogP contribution in [0.25, 0.3) is 0 Å². The largest absolute Gasteiger partial charge is 0.360 e. The highest BCUT2D eigenvalue weighted by atomic mass is 32.1. The molecule has 2 N–H and O–H groups in total. The van der Waals surface area contributed by atoms with E-state index in [1.807, 2.05) is 6.92 Å². The minimum atomic E-state index is -0.160. The fourth-order valence-electron chi connectivity index (χ4n) is 1.40. The van der Waals surface area contributed by atoms with Gasteiger partial charge in [0.1, 0.15) is 0 Å². The standard InChI is InChI=1S/C10H12N4O2S/c1-2-14-4-3-11-8(9(14)15)12-5-7-6-17-10(16)13-7/h3-4,6H,2,5H2,1H3,(H,11,12)(H,13,16). The number of nitrogens with one attached hydrogen (secondary N) is 2. The van der Waals surface area contributed by atoms with Gasteiger partial charge in [-0.05, 0) is 6.92 Å². The quantitative estimate of drug-likeness (QED) is 0.836. The van der Waals surface area contributed by atoms with Crippen molar-refractivity contribution in [3.63, 3.8) is 0 Å². The van der Waals surface area contributed by atoms with Crippen molar-refractivity contribution in [2.45, 2.75) is 20.0 Å². The Morgan fingerprint density at radius 2 is 2.35 bits per heavy atom. The Morgan fingerprint density at radius 3 is 3.00 bits per heavy atom. The number of aromatic nitrogens is 3. The van der Waals surface area contributed by atoms with Crippen LogP contribution in [0.1, 0.15) is 12.6 Å². The summed E-state index contributed by atoms with van der Waals surface area (Å²) < 4.78 is 1.56. The van der Waals surface area contributed by atoms with Crippen molar-refractivity contribution in [2.24, 2.45) is 0 Å². The third-order valence-electron chi connectivity index (χ3n) is 2.27. The zero-order valence-electron chi connectivity index (χ0n) is 9.27. The van der Waals surface area contributed by atoms with E-state index in [1.54, 1.807) is 22.3 Å². The Morgan fingerprint density at radius 1 is 1.53 bits per heavy atom. The molecule has 0 aliphatic carbocycles. The van der Waals surface area contributed by atoms with Crippen LogP contribution in [-0.2, 0) is 13.1 Å². The minimum absolute atomic E-state index is 0.103. The summed E-state index contributed by atoms with van der Waals surface area (Å²) in [6.07, 6.45) is 3.21. The maximum Gasteiger partial charge on any atom is 0.304 e. The molecule has 2 aromatic rings. The van der Waals surface area contributed by atoms with Crippen LogP contribution in [0.15, 0.2) is 27.4 Å². The van der Waals surface area contributed by atoms with E-state index in [0.717, 1.165) is 17.0 Å². The van der Waals surface area contributed by atoms with E-state index in [2.05, 4.69) is 15.3 Å². The summed E-state index contributed by atoms with van der Waals surface area (Å²) in [5.41, 5.74) is 0.584. The third-order valence-corrected chi connectivity index (χ3v) is 2.99. The van der Waals surface area contributed by atoms with Gasteiger partial charge in [0.25, 0.3) is 5.56 Å². The second-order valence-electron chi connectivity index (χ2n) is 3.39. The monoisotopic (exact) mass is 252 g/mol. The summed E-state index contributed by atoms with van der Waals surface area (Å²) >= 11 is 1.10. The van der Waals surface area contributed by atoms with Gasteiger partial charge in [-0.3, -0.25) is 9.59 Å². The molecule has 2 rings (SSSR count). The number of aromatic amines is 1. The minimum Gasteiger partial charge on any atom is -0.360 e. The molecular weight excluding hydrogens is 240 g/mol. The van der Waals surface area contributed by atoms with Gasteiger partial charge in [-0.15, -0.1) is 0 Å². The molecule has 0 bridgehead atoms. The molecule has 0 radical (unpaired) electrons. The van der Waals surface area contributed by atoms with Crippen molar-refractivity contribution >= 4 is 17.2 Å². The average molecular weight is 252 g/mol. The van der Waals surface area contributed by atoms with Gasteiger partial charge in [0.2, 0.25) is 0 Å². The smallest absolute Gasteiger partial charge is 0.304 e. The molecular formula is C10H12N4O2S. The number of H-pyrrole nitrogens is 1. The highest BCUT2D eigenvalue weighted by Gasteiger charge is 2.03. The zero-order chi connectivity index (χ0) is 12.3. The molecule has 90 valence electrons. The van der Waals surface area contributed by atoms with Crippen LogP contribution in [0.2, 0.25) is 0 Å². The van der Waals surface area contributed by atoms with E-state index in [-0.39, 0.29) is 10.4 Å². The van der Waals surface area contributed by atoms with Gasteiger partial charge in [0.05, 0.1) is 6.54 Å². The Labute approximate surface area is 101 Å². The topological polar surface area (TPSA) is 79.8 Å². The molecule has 0 atom stereocenters. The molecule has 0 aliphatic heterocycles.